The number of hydrogen-bond acceptors (Lipinski definition) is 5. The van der Waals surface area contributed by atoms with Crippen LogP contribution in [-0.2, 0) is 14.4 Å². The largest absolute Gasteiger partial charge is 0.294 e. The van der Waals surface area contributed by atoms with Gasteiger partial charge < -0.3 is 0 Å². The lowest BCUT2D eigenvalue weighted by molar-refractivity contribution is -0.121. The van der Waals surface area contributed by atoms with Gasteiger partial charge in [0.25, 0.3) is 0 Å². The van der Waals surface area contributed by atoms with Crippen LogP contribution in [0.1, 0.15) is 53.4 Å². The molecule has 4 rings (SSSR count). The molecule has 0 amide bonds. The van der Waals surface area contributed by atoms with E-state index in [1.165, 1.54) is 12.2 Å². The maximum absolute atomic E-state index is 13.1. The number of ketones is 3. The molecule has 4 aliphatic rings. The monoisotopic (exact) mass is 379 g/mol. The number of rotatable bonds is 0. The standard InChI is InChI=1S/C23H25NO4/c1-22(2)9-15-20(17(26)11-22)19(13-5-7-14(25)8-6-13)21-16(24(15)28)10-23(3,4)12-18(21)27/h5-8,28H,9-12H2,1-4H3. The highest BCUT2D eigenvalue weighted by molar-refractivity contribution is 6.12. The third-order valence-corrected chi connectivity index (χ3v) is 5.86. The Labute approximate surface area is 164 Å². The summed E-state index contributed by atoms with van der Waals surface area (Å²) in [4.78, 5) is 37.9. The summed E-state index contributed by atoms with van der Waals surface area (Å²) in [5, 5.41) is 12.2. The summed E-state index contributed by atoms with van der Waals surface area (Å²) in [6.07, 6.45) is 8.01. The molecule has 0 saturated carbocycles. The molecule has 5 heteroatoms. The Hall–Kier alpha value is -2.53. The van der Waals surface area contributed by atoms with Crippen molar-refractivity contribution in [2.75, 3.05) is 0 Å². The van der Waals surface area contributed by atoms with E-state index in [1.54, 1.807) is 12.2 Å². The fourth-order valence-corrected chi connectivity index (χ4v) is 4.70. The average Bonchev–Trinajstić information content (AvgIpc) is 2.56. The molecule has 1 heterocycles. The van der Waals surface area contributed by atoms with Crippen LogP contribution in [0.2, 0.25) is 0 Å². The van der Waals surface area contributed by atoms with E-state index in [0.29, 0.717) is 59.4 Å². The van der Waals surface area contributed by atoms with Gasteiger partial charge >= 0.3 is 0 Å². The van der Waals surface area contributed by atoms with Crippen LogP contribution in [0, 0.1) is 10.8 Å². The number of hydrogen-bond donors (Lipinski definition) is 1. The highest BCUT2D eigenvalue weighted by Gasteiger charge is 2.47. The van der Waals surface area contributed by atoms with Gasteiger partial charge in [-0.05, 0) is 41.4 Å². The van der Waals surface area contributed by atoms with Crippen molar-refractivity contribution < 1.29 is 19.6 Å². The van der Waals surface area contributed by atoms with Gasteiger partial charge in [0, 0.05) is 29.6 Å². The quantitative estimate of drug-likeness (QED) is 0.689. The highest BCUT2D eigenvalue weighted by atomic mass is 16.5. The van der Waals surface area contributed by atoms with Crippen LogP contribution in [-0.4, -0.2) is 27.6 Å². The highest BCUT2D eigenvalue weighted by Crippen LogP contribution is 2.51. The van der Waals surface area contributed by atoms with Crippen LogP contribution < -0.4 is 0 Å². The molecule has 0 aromatic heterocycles. The SMILES string of the molecule is CC1(C)CC(=O)C2=C(C1)N(O)C1=C(C(=O)CC(C)(C)C1)C2=C1C=CC(=O)C=C1. The Morgan fingerprint density at radius 3 is 1.57 bits per heavy atom. The molecule has 0 unspecified atom stereocenters. The molecule has 3 aliphatic carbocycles. The lowest BCUT2D eigenvalue weighted by Gasteiger charge is -2.44. The van der Waals surface area contributed by atoms with Crippen LogP contribution in [0.3, 0.4) is 0 Å². The van der Waals surface area contributed by atoms with Crippen molar-refractivity contribution in [1.29, 1.82) is 0 Å². The second-order valence-electron chi connectivity index (χ2n) is 9.74. The van der Waals surface area contributed by atoms with E-state index in [-0.39, 0.29) is 28.2 Å². The number of nitrogens with zero attached hydrogens (tertiary/aromatic N) is 1. The first-order chi connectivity index (χ1) is 13.0. The first-order valence-corrected chi connectivity index (χ1v) is 9.66. The first-order valence-electron chi connectivity index (χ1n) is 9.66. The van der Waals surface area contributed by atoms with Crippen molar-refractivity contribution in [2.24, 2.45) is 10.8 Å². The van der Waals surface area contributed by atoms with Crippen LogP contribution in [0.15, 0.2) is 58.0 Å². The van der Waals surface area contributed by atoms with Crippen LogP contribution >= 0.6 is 0 Å². The molecule has 5 nitrogen and oxygen atoms in total. The summed E-state index contributed by atoms with van der Waals surface area (Å²) in [6.45, 7) is 8.03. The molecule has 0 aromatic carbocycles. The van der Waals surface area contributed by atoms with Crippen molar-refractivity contribution in [1.82, 2.24) is 5.06 Å². The number of hydroxylamine groups is 2. The van der Waals surface area contributed by atoms with E-state index in [9.17, 15) is 19.6 Å². The van der Waals surface area contributed by atoms with E-state index in [4.69, 9.17) is 0 Å². The Balaban J connectivity index is 2.01. The molecule has 0 fully saturated rings. The molecule has 1 N–H and O–H groups in total. The summed E-state index contributed by atoms with van der Waals surface area (Å²) in [6, 6.07) is 0. The lowest BCUT2D eigenvalue weighted by atomic mass is 9.66. The molecule has 0 radical (unpaired) electrons. The molecular weight excluding hydrogens is 354 g/mol. The van der Waals surface area contributed by atoms with Crippen LogP contribution in [0.25, 0.3) is 0 Å². The first kappa shape index (κ1) is 18.8. The van der Waals surface area contributed by atoms with Gasteiger partial charge in [0.15, 0.2) is 17.3 Å². The smallest absolute Gasteiger partial charge is 0.178 e. The number of carbonyl (C=O) groups is 3. The summed E-state index contributed by atoms with van der Waals surface area (Å²) in [7, 11) is 0. The third kappa shape index (κ3) is 2.94. The van der Waals surface area contributed by atoms with Gasteiger partial charge in [-0.15, -0.1) is 0 Å². The minimum atomic E-state index is -0.271. The molecule has 1 aliphatic heterocycles. The van der Waals surface area contributed by atoms with Gasteiger partial charge in [-0.25, -0.2) is 5.06 Å². The van der Waals surface area contributed by atoms with Crippen molar-refractivity contribution in [3.8, 4) is 0 Å². The van der Waals surface area contributed by atoms with Crippen molar-refractivity contribution in [3.05, 3.63) is 58.0 Å². The number of allylic oxidation sites excluding steroid dienone is 10. The molecule has 0 bridgehead atoms. The summed E-state index contributed by atoms with van der Waals surface area (Å²) in [5.41, 5.74) is 2.68. The van der Waals surface area contributed by atoms with Crippen LogP contribution in [0.5, 0.6) is 0 Å². The molecule has 0 atom stereocenters. The Bertz CT molecular complexity index is 908. The second kappa shape index (κ2) is 5.98. The predicted octanol–water partition coefficient (Wildman–Crippen LogP) is 3.97. The van der Waals surface area contributed by atoms with E-state index < -0.39 is 0 Å². The normalized spacial score (nSPS) is 26.2. The van der Waals surface area contributed by atoms with Gasteiger partial charge in [0.2, 0.25) is 0 Å². The minimum absolute atomic E-state index is 0.0734. The maximum Gasteiger partial charge on any atom is 0.178 e. The fraction of sp³-hybridized carbons (Fsp3) is 0.435. The van der Waals surface area contributed by atoms with Crippen LogP contribution in [0.4, 0.5) is 0 Å². The molecule has 0 spiro atoms. The van der Waals surface area contributed by atoms with E-state index in [2.05, 4.69) is 0 Å². The second-order valence-corrected chi connectivity index (χ2v) is 9.74. The van der Waals surface area contributed by atoms with E-state index >= 15 is 0 Å². The number of carbonyl (C=O) groups excluding carboxylic acids is 3. The van der Waals surface area contributed by atoms with Gasteiger partial charge in [-0.3, -0.25) is 19.6 Å². The van der Waals surface area contributed by atoms with E-state index in [0.717, 1.165) is 5.06 Å². The molecular formula is C23H25NO4. The topological polar surface area (TPSA) is 74.7 Å². The minimum Gasteiger partial charge on any atom is -0.294 e. The summed E-state index contributed by atoms with van der Waals surface area (Å²) >= 11 is 0. The lowest BCUT2D eigenvalue weighted by Crippen LogP contribution is -2.41. The molecule has 28 heavy (non-hydrogen) atoms. The summed E-state index contributed by atoms with van der Waals surface area (Å²) in [5.74, 6) is -0.272. The summed E-state index contributed by atoms with van der Waals surface area (Å²) < 4.78 is 0. The number of Topliss-reactive ketones (excluding diaryl/α,β-unsaturated/α-hetero) is 2. The third-order valence-electron chi connectivity index (χ3n) is 5.86. The Morgan fingerprint density at radius 2 is 1.14 bits per heavy atom. The Morgan fingerprint density at radius 1 is 0.714 bits per heavy atom. The Kier molecular flexibility index (Phi) is 4.02. The van der Waals surface area contributed by atoms with E-state index in [1.807, 2.05) is 27.7 Å². The van der Waals surface area contributed by atoms with Crippen molar-refractivity contribution in [3.63, 3.8) is 0 Å². The zero-order chi connectivity index (χ0) is 20.4. The maximum atomic E-state index is 13.1. The van der Waals surface area contributed by atoms with Gasteiger partial charge in [-0.1, -0.05) is 39.8 Å². The zero-order valence-electron chi connectivity index (χ0n) is 16.8. The van der Waals surface area contributed by atoms with Gasteiger partial charge in [0.1, 0.15) is 0 Å². The average molecular weight is 379 g/mol. The molecule has 0 saturated heterocycles. The van der Waals surface area contributed by atoms with Gasteiger partial charge in [0.05, 0.1) is 11.4 Å². The molecule has 0 aromatic rings. The van der Waals surface area contributed by atoms with Crippen molar-refractivity contribution >= 4 is 17.3 Å². The van der Waals surface area contributed by atoms with Crippen molar-refractivity contribution in [2.45, 2.75) is 53.4 Å². The fourth-order valence-electron chi connectivity index (χ4n) is 4.70. The van der Waals surface area contributed by atoms with Gasteiger partial charge in [-0.2, -0.15) is 0 Å². The predicted molar refractivity (Wildman–Crippen MR) is 104 cm³/mol. The molecule has 146 valence electrons. The zero-order valence-corrected chi connectivity index (χ0v) is 16.8.